The zero-order valence-electron chi connectivity index (χ0n) is 22.8. The Bertz CT molecular complexity index is 1340. The summed E-state index contributed by atoms with van der Waals surface area (Å²) in [6.07, 6.45) is 3.44. The molecule has 1 atom stereocenters. The normalized spacial score (nSPS) is 18.1. The number of likely N-dealkylation sites (tertiary alicyclic amines) is 1. The molecule has 1 aliphatic carbocycles. The van der Waals surface area contributed by atoms with Crippen molar-refractivity contribution < 1.29 is 14.3 Å². The maximum atomic E-state index is 12.5. The van der Waals surface area contributed by atoms with E-state index in [0.717, 1.165) is 61.2 Å². The number of carboxylic acid groups (broad SMARTS) is 1. The summed E-state index contributed by atoms with van der Waals surface area (Å²) >= 11 is 6.28. The van der Waals surface area contributed by atoms with E-state index in [0.29, 0.717) is 34.8 Å². The standard InChI is InChI=1S/C34H37ClFNO2/c1-22(2)30-14-10-27-19-28(34(38)39)11-15-31(27)33(32(30)26-8-12-29(35)13-9-26)25-6-4-23(5-7-25)18-24-20-37(21-24)17-3-16-36/h4-9,11-13,15,19,22,24,30H,3,10,14,16-18,20-21H2,1-2H3,(H,38,39). The van der Waals surface area contributed by atoms with Crippen molar-refractivity contribution in [1.29, 1.82) is 0 Å². The number of carbonyl (C=O) groups is 1. The topological polar surface area (TPSA) is 40.5 Å². The number of allylic oxidation sites excluding steroid dienone is 1. The van der Waals surface area contributed by atoms with Gasteiger partial charge < -0.3 is 10.0 Å². The fraction of sp³-hybridized carbons (Fsp3) is 0.382. The highest BCUT2D eigenvalue weighted by Gasteiger charge is 2.30. The summed E-state index contributed by atoms with van der Waals surface area (Å²) in [5, 5.41) is 10.4. The summed E-state index contributed by atoms with van der Waals surface area (Å²) in [5.74, 6) is 0.455. The minimum absolute atomic E-state index is 0.241. The second kappa shape index (κ2) is 12.1. The number of aryl methyl sites for hydroxylation is 1. The number of benzene rings is 3. The summed E-state index contributed by atoms with van der Waals surface area (Å²) in [5.41, 5.74) is 8.66. The summed E-state index contributed by atoms with van der Waals surface area (Å²) in [6.45, 7) is 7.25. The van der Waals surface area contributed by atoms with E-state index in [1.165, 1.54) is 16.7 Å². The molecule has 3 nitrogen and oxygen atoms in total. The molecule has 1 saturated heterocycles. The zero-order chi connectivity index (χ0) is 27.5. The Kier molecular flexibility index (Phi) is 8.54. The van der Waals surface area contributed by atoms with E-state index >= 15 is 0 Å². The van der Waals surface area contributed by atoms with Crippen LogP contribution in [-0.4, -0.2) is 42.3 Å². The van der Waals surface area contributed by atoms with Gasteiger partial charge in [0.1, 0.15) is 0 Å². The van der Waals surface area contributed by atoms with Gasteiger partial charge in [-0.15, -0.1) is 0 Å². The molecule has 0 spiro atoms. The van der Waals surface area contributed by atoms with Crippen LogP contribution in [0.2, 0.25) is 5.02 Å². The van der Waals surface area contributed by atoms with E-state index < -0.39 is 5.97 Å². The first-order chi connectivity index (χ1) is 18.8. The number of hydrogen-bond donors (Lipinski definition) is 1. The lowest BCUT2D eigenvalue weighted by atomic mass is 9.78. The van der Waals surface area contributed by atoms with Crippen LogP contribution in [0.3, 0.4) is 0 Å². The molecule has 1 N–H and O–H groups in total. The molecule has 5 rings (SSSR count). The van der Waals surface area contributed by atoms with Crippen molar-refractivity contribution in [1.82, 2.24) is 4.90 Å². The molecule has 2 aliphatic rings. The minimum Gasteiger partial charge on any atom is -0.478 e. The van der Waals surface area contributed by atoms with Crippen LogP contribution >= 0.6 is 11.6 Å². The van der Waals surface area contributed by atoms with Gasteiger partial charge in [-0.3, -0.25) is 4.39 Å². The lowest BCUT2D eigenvalue weighted by Crippen LogP contribution is -2.47. The van der Waals surface area contributed by atoms with Crippen molar-refractivity contribution in [2.45, 2.75) is 39.5 Å². The van der Waals surface area contributed by atoms with Crippen molar-refractivity contribution in [3.8, 4) is 0 Å². The molecule has 1 fully saturated rings. The lowest BCUT2D eigenvalue weighted by Gasteiger charge is -2.39. The third kappa shape index (κ3) is 6.13. The van der Waals surface area contributed by atoms with E-state index in [4.69, 9.17) is 11.6 Å². The number of hydrogen-bond acceptors (Lipinski definition) is 2. The van der Waals surface area contributed by atoms with Gasteiger partial charge in [-0.2, -0.15) is 0 Å². The van der Waals surface area contributed by atoms with Crippen molar-refractivity contribution in [3.63, 3.8) is 0 Å². The molecule has 0 bridgehead atoms. The van der Waals surface area contributed by atoms with Crippen molar-refractivity contribution in [3.05, 3.63) is 105 Å². The summed E-state index contributed by atoms with van der Waals surface area (Å²) in [6, 6.07) is 22.7. The first-order valence-electron chi connectivity index (χ1n) is 14.1. The van der Waals surface area contributed by atoms with Crippen LogP contribution in [0, 0.1) is 17.8 Å². The molecule has 3 aromatic rings. The van der Waals surface area contributed by atoms with Crippen LogP contribution in [0.5, 0.6) is 0 Å². The zero-order valence-corrected chi connectivity index (χ0v) is 23.6. The maximum Gasteiger partial charge on any atom is 0.335 e. The van der Waals surface area contributed by atoms with E-state index in [2.05, 4.69) is 55.1 Å². The highest BCUT2D eigenvalue weighted by molar-refractivity contribution is 6.30. The molecular weight excluding hydrogens is 509 g/mol. The van der Waals surface area contributed by atoms with Gasteiger partial charge in [0.2, 0.25) is 0 Å². The van der Waals surface area contributed by atoms with Crippen molar-refractivity contribution in [2.24, 2.45) is 17.8 Å². The Morgan fingerprint density at radius 2 is 1.72 bits per heavy atom. The van der Waals surface area contributed by atoms with Gasteiger partial charge in [0, 0.05) is 24.7 Å². The molecule has 1 aliphatic heterocycles. The molecule has 1 unspecified atom stereocenters. The number of rotatable bonds is 9. The lowest BCUT2D eigenvalue weighted by molar-refractivity contribution is 0.0696. The van der Waals surface area contributed by atoms with E-state index in [-0.39, 0.29) is 6.67 Å². The molecule has 204 valence electrons. The molecule has 5 heteroatoms. The van der Waals surface area contributed by atoms with Crippen LogP contribution in [0.15, 0.2) is 66.7 Å². The predicted molar refractivity (Wildman–Crippen MR) is 158 cm³/mol. The van der Waals surface area contributed by atoms with Gasteiger partial charge in [0.15, 0.2) is 0 Å². The molecule has 0 amide bonds. The van der Waals surface area contributed by atoms with Crippen molar-refractivity contribution >= 4 is 28.7 Å². The summed E-state index contributed by atoms with van der Waals surface area (Å²) in [7, 11) is 0. The van der Waals surface area contributed by atoms with Gasteiger partial charge in [-0.1, -0.05) is 67.9 Å². The van der Waals surface area contributed by atoms with Gasteiger partial charge >= 0.3 is 5.97 Å². The van der Waals surface area contributed by atoms with Crippen LogP contribution in [-0.2, 0) is 12.8 Å². The van der Waals surface area contributed by atoms with Crippen LogP contribution in [0.1, 0.15) is 64.9 Å². The quantitative estimate of drug-likeness (QED) is 0.296. The van der Waals surface area contributed by atoms with E-state index in [9.17, 15) is 14.3 Å². The van der Waals surface area contributed by atoms with Crippen LogP contribution in [0.4, 0.5) is 4.39 Å². The van der Waals surface area contributed by atoms with E-state index in [1.54, 1.807) is 6.07 Å². The Hall–Kier alpha value is -2.95. The largest absolute Gasteiger partial charge is 0.478 e. The highest BCUT2D eigenvalue weighted by Crippen LogP contribution is 2.45. The molecule has 1 heterocycles. The number of alkyl halides is 1. The third-order valence-electron chi connectivity index (χ3n) is 8.35. The molecular formula is C34H37ClFNO2. The first kappa shape index (κ1) is 27.6. The SMILES string of the molecule is CC(C)C1CCc2cc(C(=O)O)ccc2C(c2ccc(CC3CN(CCCF)C3)cc2)=C1c1ccc(Cl)cc1. The molecule has 0 saturated carbocycles. The smallest absolute Gasteiger partial charge is 0.335 e. The Morgan fingerprint density at radius 3 is 2.36 bits per heavy atom. The van der Waals surface area contributed by atoms with Crippen molar-refractivity contribution in [2.75, 3.05) is 26.3 Å². The van der Waals surface area contributed by atoms with Gasteiger partial charge in [0.05, 0.1) is 12.2 Å². The number of carboxylic acids is 1. The number of nitrogens with zero attached hydrogens (tertiary/aromatic N) is 1. The molecule has 0 aromatic heterocycles. The van der Waals surface area contributed by atoms with Gasteiger partial charge in [-0.25, -0.2) is 4.79 Å². The highest BCUT2D eigenvalue weighted by atomic mass is 35.5. The molecule has 0 radical (unpaired) electrons. The second-order valence-electron chi connectivity index (χ2n) is 11.4. The predicted octanol–water partition coefficient (Wildman–Crippen LogP) is 8.05. The first-order valence-corrected chi connectivity index (χ1v) is 14.5. The minimum atomic E-state index is -0.894. The maximum absolute atomic E-state index is 12.5. The van der Waals surface area contributed by atoms with Crippen LogP contribution in [0.25, 0.3) is 11.1 Å². The average Bonchev–Trinajstić information content (AvgIpc) is 3.07. The number of halogens is 2. The summed E-state index contributed by atoms with van der Waals surface area (Å²) in [4.78, 5) is 14.1. The fourth-order valence-electron chi connectivity index (χ4n) is 6.34. The molecule has 3 aromatic carbocycles. The number of fused-ring (bicyclic) bond motifs is 1. The monoisotopic (exact) mass is 545 g/mol. The Morgan fingerprint density at radius 1 is 1.03 bits per heavy atom. The second-order valence-corrected chi connectivity index (χ2v) is 11.9. The number of aromatic carboxylic acids is 1. The third-order valence-corrected chi connectivity index (χ3v) is 8.61. The van der Waals surface area contributed by atoms with Gasteiger partial charge in [0.25, 0.3) is 0 Å². The Balaban J connectivity index is 1.56. The van der Waals surface area contributed by atoms with E-state index in [1.807, 2.05) is 24.3 Å². The van der Waals surface area contributed by atoms with Crippen LogP contribution < -0.4 is 0 Å². The fourth-order valence-corrected chi connectivity index (χ4v) is 6.47. The molecule has 39 heavy (non-hydrogen) atoms. The average molecular weight is 546 g/mol. The summed E-state index contributed by atoms with van der Waals surface area (Å²) < 4.78 is 12.5. The Labute approximate surface area is 236 Å². The van der Waals surface area contributed by atoms with Gasteiger partial charge in [-0.05, 0) is 107 Å².